The molecule has 0 unspecified atom stereocenters. The van der Waals surface area contributed by atoms with Gasteiger partial charge in [0.05, 0.1) is 11.8 Å². The highest BCUT2D eigenvalue weighted by Crippen LogP contribution is 2.03. The molecule has 0 aromatic heterocycles. The highest BCUT2D eigenvalue weighted by molar-refractivity contribution is 5.89. The molecule has 0 spiro atoms. The fourth-order valence-electron chi connectivity index (χ4n) is 1.50. The van der Waals surface area contributed by atoms with E-state index in [1.54, 1.807) is 18.3 Å². The molecule has 0 aliphatic heterocycles. The third-order valence-corrected chi connectivity index (χ3v) is 2.51. The molecule has 4 nitrogen and oxygen atoms in total. The van der Waals surface area contributed by atoms with Gasteiger partial charge < -0.3 is 9.94 Å². The van der Waals surface area contributed by atoms with Crippen molar-refractivity contribution >= 4 is 12.2 Å². The van der Waals surface area contributed by atoms with Crippen LogP contribution in [0, 0.1) is 0 Å². The van der Waals surface area contributed by atoms with Crippen LogP contribution in [0.15, 0.2) is 59.8 Å². The van der Waals surface area contributed by atoms with Crippen molar-refractivity contribution < 1.29 is 14.7 Å². The van der Waals surface area contributed by atoms with Crippen molar-refractivity contribution in [1.29, 1.82) is 0 Å². The van der Waals surface area contributed by atoms with Crippen LogP contribution >= 0.6 is 0 Å². The Morgan fingerprint density at radius 2 is 1.79 bits per heavy atom. The van der Waals surface area contributed by atoms with Crippen LogP contribution in [-0.2, 0) is 11.4 Å². The zero-order chi connectivity index (χ0) is 13.5. The summed E-state index contributed by atoms with van der Waals surface area (Å²) >= 11 is 0. The van der Waals surface area contributed by atoms with Crippen molar-refractivity contribution in [3.8, 4) is 0 Å². The first-order chi connectivity index (χ1) is 9.25. The number of aromatic carboxylic acids is 1. The van der Waals surface area contributed by atoms with E-state index in [9.17, 15) is 4.79 Å². The number of oxime groups is 1. The lowest BCUT2D eigenvalue weighted by Crippen LogP contribution is -1.95. The molecule has 0 saturated carbocycles. The van der Waals surface area contributed by atoms with Gasteiger partial charge in [0.2, 0.25) is 0 Å². The quantitative estimate of drug-likeness (QED) is 0.660. The van der Waals surface area contributed by atoms with Crippen molar-refractivity contribution in [1.82, 2.24) is 0 Å². The average Bonchev–Trinajstić information content (AvgIpc) is 2.45. The Labute approximate surface area is 111 Å². The Balaban J connectivity index is 1.87. The summed E-state index contributed by atoms with van der Waals surface area (Å²) in [5, 5.41) is 12.6. The van der Waals surface area contributed by atoms with Crippen molar-refractivity contribution in [2.45, 2.75) is 6.61 Å². The molecule has 2 aromatic rings. The van der Waals surface area contributed by atoms with Gasteiger partial charge in [0.25, 0.3) is 0 Å². The summed E-state index contributed by atoms with van der Waals surface area (Å²) in [6.07, 6.45) is 1.55. The van der Waals surface area contributed by atoms with Crippen molar-refractivity contribution in [2.24, 2.45) is 5.16 Å². The number of carbonyl (C=O) groups is 1. The molecule has 0 amide bonds. The summed E-state index contributed by atoms with van der Waals surface area (Å²) in [5.41, 5.74) is 2.08. The van der Waals surface area contributed by atoms with Crippen molar-refractivity contribution in [2.75, 3.05) is 0 Å². The van der Waals surface area contributed by atoms with Gasteiger partial charge in [0.1, 0.15) is 6.61 Å². The Bertz CT molecular complexity index is 562. The summed E-state index contributed by atoms with van der Waals surface area (Å²) in [6, 6.07) is 16.1. The Morgan fingerprint density at radius 3 is 2.42 bits per heavy atom. The lowest BCUT2D eigenvalue weighted by atomic mass is 10.1. The van der Waals surface area contributed by atoms with Gasteiger partial charge in [-0.25, -0.2) is 4.79 Å². The highest BCUT2D eigenvalue weighted by atomic mass is 16.6. The van der Waals surface area contributed by atoms with Crippen molar-refractivity contribution in [3.63, 3.8) is 0 Å². The smallest absolute Gasteiger partial charge is 0.335 e. The minimum Gasteiger partial charge on any atom is -0.478 e. The summed E-state index contributed by atoms with van der Waals surface area (Å²) in [4.78, 5) is 15.8. The molecule has 0 heterocycles. The molecule has 1 N–H and O–H groups in total. The SMILES string of the molecule is O=C(O)c1ccc(/C=N/OCc2ccccc2)cc1. The highest BCUT2D eigenvalue weighted by Gasteiger charge is 2.00. The van der Waals surface area contributed by atoms with Gasteiger partial charge in [-0.2, -0.15) is 0 Å². The Morgan fingerprint density at radius 1 is 1.11 bits per heavy atom. The van der Waals surface area contributed by atoms with Gasteiger partial charge in [-0.1, -0.05) is 47.6 Å². The topological polar surface area (TPSA) is 58.9 Å². The maximum atomic E-state index is 10.7. The molecule has 2 aromatic carbocycles. The van der Waals surface area contributed by atoms with Crippen molar-refractivity contribution in [3.05, 3.63) is 71.3 Å². The van der Waals surface area contributed by atoms with Gasteiger partial charge >= 0.3 is 5.97 Å². The number of benzene rings is 2. The fourth-order valence-corrected chi connectivity index (χ4v) is 1.50. The molecular formula is C15H13NO3. The van der Waals surface area contributed by atoms with Crippen LogP contribution in [-0.4, -0.2) is 17.3 Å². The Hall–Kier alpha value is -2.62. The first-order valence-corrected chi connectivity index (χ1v) is 5.78. The molecule has 0 aliphatic rings. The van der Waals surface area contributed by atoms with Crippen LogP contribution in [0.25, 0.3) is 0 Å². The molecule has 4 heteroatoms. The third-order valence-electron chi connectivity index (χ3n) is 2.51. The lowest BCUT2D eigenvalue weighted by Gasteiger charge is -1.99. The van der Waals surface area contributed by atoms with Gasteiger partial charge in [0, 0.05) is 0 Å². The summed E-state index contributed by atoms with van der Waals surface area (Å²) in [7, 11) is 0. The molecule has 0 bridgehead atoms. The molecule has 0 radical (unpaired) electrons. The third kappa shape index (κ3) is 3.96. The van der Waals surface area contributed by atoms with Crippen LogP contribution in [0.3, 0.4) is 0 Å². The van der Waals surface area contributed by atoms with E-state index in [2.05, 4.69) is 5.16 Å². The fraction of sp³-hybridized carbons (Fsp3) is 0.0667. The maximum absolute atomic E-state index is 10.7. The standard InChI is InChI=1S/C15H13NO3/c17-15(18)14-8-6-12(7-9-14)10-16-19-11-13-4-2-1-3-5-13/h1-10H,11H2,(H,17,18)/b16-10+. The maximum Gasteiger partial charge on any atom is 0.335 e. The van der Waals surface area contributed by atoms with Crippen LogP contribution in [0.5, 0.6) is 0 Å². The van der Waals surface area contributed by atoms with E-state index in [1.807, 2.05) is 30.3 Å². The second-order valence-corrected chi connectivity index (χ2v) is 3.92. The van der Waals surface area contributed by atoms with E-state index in [1.165, 1.54) is 12.1 Å². The first-order valence-electron chi connectivity index (χ1n) is 5.78. The number of rotatable bonds is 5. The molecule has 96 valence electrons. The van der Waals surface area contributed by atoms with E-state index in [0.29, 0.717) is 6.61 Å². The van der Waals surface area contributed by atoms with E-state index < -0.39 is 5.97 Å². The number of nitrogens with zero attached hydrogens (tertiary/aromatic N) is 1. The second kappa shape index (κ2) is 6.35. The predicted molar refractivity (Wildman–Crippen MR) is 72.2 cm³/mol. The van der Waals surface area contributed by atoms with E-state index >= 15 is 0 Å². The molecular weight excluding hydrogens is 242 g/mol. The van der Waals surface area contributed by atoms with E-state index in [4.69, 9.17) is 9.94 Å². The summed E-state index contributed by atoms with van der Waals surface area (Å²) in [6.45, 7) is 0.407. The number of hydrogen-bond donors (Lipinski definition) is 1. The molecule has 0 aliphatic carbocycles. The van der Waals surface area contributed by atoms with Gasteiger partial charge in [-0.05, 0) is 23.3 Å². The summed E-state index contributed by atoms with van der Waals surface area (Å²) in [5.74, 6) is -0.941. The molecule has 0 atom stereocenters. The predicted octanol–water partition coefficient (Wildman–Crippen LogP) is 2.94. The second-order valence-electron chi connectivity index (χ2n) is 3.92. The zero-order valence-corrected chi connectivity index (χ0v) is 10.2. The number of hydrogen-bond acceptors (Lipinski definition) is 3. The molecule has 2 rings (SSSR count). The van der Waals surface area contributed by atoms with Crippen LogP contribution in [0.2, 0.25) is 0 Å². The minimum absolute atomic E-state index is 0.252. The van der Waals surface area contributed by atoms with Gasteiger partial charge in [-0.15, -0.1) is 0 Å². The van der Waals surface area contributed by atoms with Crippen LogP contribution < -0.4 is 0 Å². The van der Waals surface area contributed by atoms with E-state index in [-0.39, 0.29) is 5.56 Å². The van der Waals surface area contributed by atoms with Gasteiger partial charge in [0.15, 0.2) is 0 Å². The van der Waals surface area contributed by atoms with E-state index in [0.717, 1.165) is 11.1 Å². The zero-order valence-electron chi connectivity index (χ0n) is 10.2. The number of carboxylic acid groups (broad SMARTS) is 1. The van der Waals surface area contributed by atoms with Crippen LogP contribution in [0.1, 0.15) is 21.5 Å². The monoisotopic (exact) mass is 255 g/mol. The summed E-state index contributed by atoms with van der Waals surface area (Å²) < 4.78 is 0. The largest absolute Gasteiger partial charge is 0.478 e. The van der Waals surface area contributed by atoms with Crippen LogP contribution in [0.4, 0.5) is 0 Å². The molecule has 0 fully saturated rings. The Kier molecular flexibility index (Phi) is 4.29. The number of carboxylic acids is 1. The normalized spacial score (nSPS) is 10.5. The van der Waals surface area contributed by atoms with Gasteiger partial charge in [-0.3, -0.25) is 0 Å². The minimum atomic E-state index is -0.941. The lowest BCUT2D eigenvalue weighted by molar-refractivity contribution is 0.0697. The average molecular weight is 255 g/mol. The molecule has 19 heavy (non-hydrogen) atoms. The molecule has 0 saturated heterocycles. The first kappa shape index (κ1) is 12.8.